The van der Waals surface area contributed by atoms with Gasteiger partial charge in [0.1, 0.15) is 5.69 Å². The minimum atomic E-state index is -0.407. The first-order valence-corrected chi connectivity index (χ1v) is 8.76. The third-order valence-corrected chi connectivity index (χ3v) is 4.63. The predicted octanol–water partition coefficient (Wildman–Crippen LogP) is 4.84. The van der Waals surface area contributed by atoms with Gasteiger partial charge in [-0.05, 0) is 36.4 Å². The average Bonchev–Trinajstić information content (AvgIpc) is 3.00. The van der Waals surface area contributed by atoms with Gasteiger partial charge >= 0.3 is 0 Å². The van der Waals surface area contributed by atoms with Crippen LogP contribution in [0.1, 0.15) is 10.5 Å². The Kier molecular flexibility index (Phi) is 5.41. The molecule has 3 rings (SSSR count). The first-order valence-electron chi connectivity index (χ1n) is 7.63. The zero-order chi connectivity index (χ0) is 18.8. The molecule has 8 heteroatoms. The van der Waals surface area contributed by atoms with Gasteiger partial charge in [0, 0.05) is 23.0 Å². The number of fused-ring (bicyclic) bond motifs is 1. The number of aromatic nitrogens is 1. The highest BCUT2D eigenvalue weighted by Gasteiger charge is 2.18. The van der Waals surface area contributed by atoms with Crippen molar-refractivity contribution in [2.75, 3.05) is 18.9 Å². The van der Waals surface area contributed by atoms with E-state index in [1.54, 1.807) is 42.5 Å². The highest BCUT2D eigenvalue weighted by Crippen LogP contribution is 2.29. The average molecular weight is 411 g/mol. The van der Waals surface area contributed by atoms with Crippen LogP contribution in [0, 0.1) is 0 Å². The highest BCUT2D eigenvalue weighted by atomic mass is 35.5. The van der Waals surface area contributed by atoms with Gasteiger partial charge in [-0.15, -0.1) is 0 Å². The van der Waals surface area contributed by atoms with E-state index in [1.807, 2.05) is 0 Å². The van der Waals surface area contributed by atoms with Crippen LogP contribution < -0.4 is 5.32 Å². The van der Waals surface area contributed by atoms with Crippen LogP contribution in [0.25, 0.3) is 10.9 Å². The van der Waals surface area contributed by atoms with Crippen LogP contribution >= 0.6 is 34.8 Å². The van der Waals surface area contributed by atoms with E-state index in [2.05, 4.69) is 10.3 Å². The van der Waals surface area contributed by atoms with Crippen molar-refractivity contribution in [3.63, 3.8) is 0 Å². The van der Waals surface area contributed by atoms with Crippen molar-refractivity contribution in [3.8, 4) is 0 Å². The van der Waals surface area contributed by atoms with E-state index in [0.29, 0.717) is 26.4 Å². The molecule has 0 saturated carbocycles. The number of carbonyl (C=O) groups excluding carboxylic acids is 2. The second kappa shape index (κ2) is 7.58. The first kappa shape index (κ1) is 18.6. The lowest BCUT2D eigenvalue weighted by molar-refractivity contribution is -0.116. The van der Waals surface area contributed by atoms with E-state index >= 15 is 0 Å². The summed E-state index contributed by atoms with van der Waals surface area (Å²) in [5.41, 5.74) is 1.48. The minimum absolute atomic E-state index is 0.156. The number of halogens is 3. The molecule has 0 aliphatic heterocycles. The fraction of sp³-hybridized carbons (Fsp3) is 0.111. The molecule has 0 aliphatic carbocycles. The fourth-order valence-electron chi connectivity index (χ4n) is 2.51. The molecule has 3 aromatic rings. The number of rotatable bonds is 4. The minimum Gasteiger partial charge on any atom is -0.351 e. The second-order valence-electron chi connectivity index (χ2n) is 5.72. The van der Waals surface area contributed by atoms with Crippen molar-refractivity contribution in [1.82, 2.24) is 9.88 Å². The molecule has 2 aromatic carbocycles. The van der Waals surface area contributed by atoms with Gasteiger partial charge in [0.2, 0.25) is 5.91 Å². The van der Waals surface area contributed by atoms with Crippen LogP contribution in [0.5, 0.6) is 0 Å². The second-order valence-corrected chi connectivity index (χ2v) is 6.97. The summed E-state index contributed by atoms with van der Waals surface area (Å²) in [5, 5.41) is 4.68. The Morgan fingerprint density at radius 3 is 2.46 bits per heavy atom. The maximum atomic E-state index is 12.6. The van der Waals surface area contributed by atoms with Gasteiger partial charge in [-0.3, -0.25) is 9.59 Å². The number of H-pyrrole nitrogens is 1. The number of carbonyl (C=O) groups is 2. The summed E-state index contributed by atoms with van der Waals surface area (Å²) in [4.78, 5) is 29.1. The Hall–Kier alpha value is -2.21. The number of para-hydroxylation sites is 1. The van der Waals surface area contributed by atoms with Crippen molar-refractivity contribution in [2.45, 2.75) is 0 Å². The maximum absolute atomic E-state index is 12.6. The summed E-state index contributed by atoms with van der Waals surface area (Å²) in [6.45, 7) is -0.156. The molecule has 2 amide bonds. The smallest absolute Gasteiger partial charge is 0.270 e. The van der Waals surface area contributed by atoms with Crippen LogP contribution in [0.2, 0.25) is 15.1 Å². The van der Waals surface area contributed by atoms with Crippen LogP contribution in [0.3, 0.4) is 0 Å². The van der Waals surface area contributed by atoms with E-state index in [1.165, 1.54) is 11.9 Å². The van der Waals surface area contributed by atoms with Gasteiger partial charge in [0.25, 0.3) is 5.91 Å². The van der Waals surface area contributed by atoms with Crippen molar-refractivity contribution in [1.29, 1.82) is 0 Å². The Morgan fingerprint density at radius 2 is 1.77 bits per heavy atom. The molecule has 0 atom stereocenters. The Balaban J connectivity index is 1.71. The number of anilines is 1. The molecule has 2 N–H and O–H groups in total. The van der Waals surface area contributed by atoms with Crippen molar-refractivity contribution < 1.29 is 9.59 Å². The number of hydrogen-bond acceptors (Lipinski definition) is 2. The van der Waals surface area contributed by atoms with E-state index in [-0.39, 0.29) is 12.5 Å². The molecule has 0 fully saturated rings. The number of nitrogens with one attached hydrogen (secondary N) is 2. The fourth-order valence-corrected chi connectivity index (χ4v) is 3.18. The molecule has 0 saturated heterocycles. The summed E-state index contributed by atoms with van der Waals surface area (Å²) in [6, 6.07) is 11.9. The van der Waals surface area contributed by atoms with E-state index in [4.69, 9.17) is 34.8 Å². The molecular weight excluding hydrogens is 397 g/mol. The molecule has 0 spiro atoms. The summed E-state index contributed by atoms with van der Waals surface area (Å²) in [5.74, 6) is -0.729. The lowest BCUT2D eigenvalue weighted by Gasteiger charge is -2.16. The summed E-state index contributed by atoms with van der Waals surface area (Å²) >= 11 is 18.0. The predicted molar refractivity (Wildman–Crippen MR) is 105 cm³/mol. The van der Waals surface area contributed by atoms with Crippen LogP contribution in [0.4, 0.5) is 5.69 Å². The molecule has 1 aromatic heterocycles. The van der Waals surface area contributed by atoms with Gasteiger partial charge in [0.05, 0.1) is 22.3 Å². The zero-order valence-electron chi connectivity index (χ0n) is 13.6. The summed E-state index contributed by atoms with van der Waals surface area (Å²) in [7, 11) is 1.54. The van der Waals surface area contributed by atoms with Crippen LogP contribution in [-0.2, 0) is 4.79 Å². The van der Waals surface area contributed by atoms with Gasteiger partial charge in [-0.25, -0.2) is 0 Å². The van der Waals surface area contributed by atoms with Crippen molar-refractivity contribution >= 4 is 63.2 Å². The molecule has 0 bridgehead atoms. The van der Waals surface area contributed by atoms with Gasteiger partial charge in [-0.1, -0.05) is 40.9 Å². The third-order valence-electron chi connectivity index (χ3n) is 3.77. The highest BCUT2D eigenvalue weighted by molar-refractivity contribution is 6.39. The van der Waals surface area contributed by atoms with Crippen LogP contribution in [-0.4, -0.2) is 35.3 Å². The number of nitrogens with zero attached hydrogens (tertiary/aromatic N) is 1. The van der Waals surface area contributed by atoms with Gasteiger partial charge in [0.15, 0.2) is 0 Å². The quantitative estimate of drug-likeness (QED) is 0.646. The normalized spacial score (nSPS) is 10.8. The third kappa shape index (κ3) is 3.96. The lowest BCUT2D eigenvalue weighted by Crippen LogP contribution is -2.35. The zero-order valence-corrected chi connectivity index (χ0v) is 15.9. The largest absolute Gasteiger partial charge is 0.351 e. The number of amides is 2. The molecule has 5 nitrogen and oxygen atoms in total. The van der Waals surface area contributed by atoms with E-state index < -0.39 is 5.91 Å². The van der Waals surface area contributed by atoms with E-state index in [9.17, 15) is 9.59 Å². The van der Waals surface area contributed by atoms with Crippen molar-refractivity contribution in [3.05, 3.63) is 63.2 Å². The lowest BCUT2D eigenvalue weighted by atomic mass is 10.2. The van der Waals surface area contributed by atoms with Crippen molar-refractivity contribution in [2.24, 2.45) is 0 Å². The molecule has 1 heterocycles. The van der Waals surface area contributed by atoms with Crippen LogP contribution in [0.15, 0.2) is 42.5 Å². The molecule has 134 valence electrons. The monoisotopic (exact) mass is 409 g/mol. The first-order chi connectivity index (χ1) is 12.3. The number of aromatic amines is 1. The Labute approximate surface area is 164 Å². The number of hydrogen-bond donors (Lipinski definition) is 2. The molecule has 26 heavy (non-hydrogen) atoms. The standard InChI is InChI=1S/C18H14Cl3N3O2/c1-24(9-16(25)23-17-12(20)3-2-4-13(17)21)18(26)15-8-10-7-11(19)5-6-14(10)22-15/h2-8,22H,9H2,1H3,(H,23,25). The van der Waals surface area contributed by atoms with Gasteiger partial charge in [-0.2, -0.15) is 0 Å². The number of benzene rings is 2. The molecule has 0 aliphatic rings. The maximum Gasteiger partial charge on any atom is 0.270 e. The molecule has 0 radical (unpaired) electrons. The SMILES string of the molecule is CN(CC(=O)Nc1c(Cl)cccc1Cl)C(=O)c1cc2cc(Cl)ccc2[nH]1. The Bertz CT molecular complexity index is 980. The topological polar surface area (TPSA) is 65.2 Å². The van der Waals surface area contributed by atoms with E-state index in [0.717, 1.165) is 10.9 Å². The molecule has 0 unspecified atom stereocenters. The number of likely N-dealkylation sites (N-methyl/N-ethyl adjacent to an activating group) is 1. The molecular formula is C18H14Cl3N3O2. The summed E-state index contributed by atoms with van der Waals surface area (Å²) < 4.78 is 0. The van der Waals surface area contributed by atoms with Gasteiger partial charge < -0.3 is 15.2 Å². The Morgan fingerprint density at radius 1 is 1.08 bits per heavy atom. The summed E-state index contributed by atoms with van der Waals surface area (Å²) in [6.07, 6.45) is 0.